The topological polar surface area (TPSA) is 84.5 Å². The third kappa shape index (κ3) is 6.67. The van der Waals surface area contributed by atoms with Crippen molar-refractivity contribution in [3.8, 4) is 0 Å². The van der Waals surface area contributed by atoms with Gasteiger partial charge < -0.3 is 15.4 Å². The Kier molecular flexibility index (Phi) is 7.82. The van der Waals surface area contributed by atoms with Gasteiger partial charge in [0.05, 0.1) is 7.11 Å². The van der Waals surface area contributed by atoms with Crippen molar-refractivity contribution in [1.82, 2.24) is 10.6 Å². The summed E-state index contributed by atoms with van der Waals surface area (Å²) in [6.45, 7) is 1.23. The minimum Gasteiger partial charge on any atom is -0.467 e. The fraction of sp³-hybridized carbons (Fsp3) is 0.286. The van der Waals surface area contributed by atoms with Gasteiger partial charge in [-0.05, 0) is 29.3 Å². The Hall–Kier alpha value is -3.29. The van der Waals surface area contributed by atoms with Crippen molar-refractivity contribution in [2.75, 3.05) is 7.11 Å². The van der Waals surface area contributed by atoms with Gasteiger partial charge in [0.1, 0.15) is 23.7 Å². The molecule has 0 radical (unpaired) electrons. The quantitative estimate of drug-likeness (QED) is 0.659. The van der Waals surface area contributed by atoms with Gasteiger partial charge in [0.2, 0.25) is 11.8 Å². The van der Waals surface area contributed by atoms with Crippen LogP contribution in [0.15, 0.2) is 48.5 Å². The second-order valence-corrected chi connectivity index (χ2v) is 6.46. The zero-order valence-electron chi connectivity index (χ0n) is 16.1. The Balaban J connectivity index is 2.17. The minimum atomic E-state index is -1.09. The van der Waals surface area contributed by atoms with Crippen molar-refractivity contribution in [1.29, 1.82) is 0 Å². The number of hydrogen-bond donors (Lipinski definition) is 2. The average molecular weight is 404 g/mol. The highest BCUT2D eigenvalue weighted by molar-refractivity contribution is 5.90. The van der Waals surface area contributed by atoms with Crippen LogP contribution in [0.2, 0.25) is 0 Å². The normalized spacial score (nSPS) is 12.6. The Morgan fingerprint density at radius 1 is 0.931 bits per heavy atom. The van der Waals surface area contributed by atoms with E-state index in [0.717, 1.165) is 0 Å². The molecule has 0 aliphatic heterocycles. The number of amides is 2. The van der Waals surface area contributed by atoms with Gasteiger partial charge in [-0.25, -0.2) is 13.6 Å². The van der Waals surface area contributed by atoms with E-state index in [4.69, 9.17) is 4.74 Å². The van der Waals surface area contributed by atoms with Gasteiger partial charge in [0.25, 0.3) is 0 Å². The number of ether oxygens (including phenoxy) is 1. The minimum absolute atomic E-state index is 0.0607. The molecule has 0 unspecified atom stereocenters. The van der Waals surface area contributed by atoms with Crippen LogP contribution < -0.4 is 10.6 Å². The summed E-state index contributed by atoms with van der Waals surface area (Å²) in [5.74, 6) is -2.78. The second kappa shape index (κ2) is 10.3. The molecule has 2 amide bonds. The molecule has 0 saturated carbocycles. The number of benzene rings is 2. The molecule has 0 heterocycles. The van der Waals surface area contributed by atoms with Crippen molar-refractivity contribution < 1.29 is 27.9 Å². The highest BCUT2D eigenvalue weighted by Gasteiger charge is 2.27. The van der Waals surface area contributed by atoms with Crippen LogP contribution in [-0.4, -0.2) is 37.0 Å². The van der Waals surface area contributed by atoms with Gasteiger partial charge >= 0.3 is 5.97 Å². The first-order chi connectivity index (χ1) is 13.8. The summed E-state index contributed by atoms with van der Waals surface area (Å²) in [7, 11) is 1.18. The zero-order chi connectivity index (χ0) is 21.4. The van der Waals surface area contributed by atoms with Crippen LogP contribution in [0.5, 0.6) is 0 Å². The van der Waals surface area contributed by atoms with Crippen molar-refractivity contribution in [3.05, 3.63) is 71.3 Å². The maximum atomic E-state index is 14.0. The maximum Gasteiger partial charge on any atom is 0.328 e. The van der Waals surface area contributed by atoms with Gasteiger partial charge in [0.15, 0.2) is 0 Å². The molecule has 0 aliphatic carbocycles. The van der Waals surface area contributed by atoms with Crippen LogP contribution in [0, 0.1) is 11.6 Å². The second-order valence-electron chi connectivity index (χ2n) is 6.46. The largest absolute Gasteiger partial charge is 0.467 e. The van der Waals surface area contributed by atoms with Crippen molar-refractivity contribution in [3.63, 3.8) is 0 Å². The predicted molar refractivity (Wildman–Crippen MR) is 102 cm³/mol. The van der Waals surface area contributed by atoms with Crippen LogP contribution in [0.4, 0.5) is 8.78 Å². The number of hydrogen-bond acceptors (Lipinski definition) is 4. The van der Waals surface area contributed by atoms with E-state index in [2.05, 4.69) is 10.6 Å². The molecule has 0 fully saturated rings. The molecule has 0 saturated heterocycles. The summed E-state index contributed by atoms with van der Waals surface area (Å²) in [6.07, 6.45) is -0.0340. The first-order valence-corrected chi connectivity index (χ1v) is 8.93. The van der Waals surface area contributed by atoms with Crippen molar-refractivity contribution in [2.24, 2.45) is 0 Å². The summed E-state index contributed by atoms with van der Waals surface area (Å²) >= 11 is 0. The molecule has 0 spiro atoms. The Morgan fingerprint density at radius 2 is 1.59 bits per heavy atom. The molecule has 2 aromatic carbocycles. The zero-order valence-corrected chi connectivity index (χ0v) is 16.1. The molecule has 2 rings (SSSR count). The number of esters is 1. The lowest BCUT2D eigenvalue weighted by atomic mass is 10.0. The molecule has 2 atom stereocenters. The summed E-state index contributed by atoms with van der Waals surface area (Å²) in [5, 5.41) is 5.00. The van der Waals surface area contributed by atoms with Crippen LogP contribution in [0.3, 0.4) is 0 Å². The standard InChI is InChI=1S/C21H22F2N2O4/c1-13(26)24-18(12-15-5-3-4-6-17(15)23)20(27)25-19(21(28)29-2)11-14-7-9-16(22)10-8-14/h3-10,18-19H,11-12H2,1-2H3,(H,24,26)(H,25,27)/t18-,19+/m0/s1. The molecule has 6 nitrogen and oxygen atoms in total. The van der Waals surface area contributed by atoms with E-state index >= 15 is 0 Å². The maximum absolute atomic E-state index is 14.0. The summed E-state index contributed by atoms with van der Waals surface area (Å²) in [6, 6.07) is 9.20. The van der Waals surface area contributed by atoms with E-state index in [1.165, 1.54) is 56.5 Å². The highest BCUT2D eigenvalue weighted by atomic mass is 19.1. The Bertz CT molecular complexity index is 871. The lowest BCUT2D eigenvalue weighted by Crippen LogP contribution is -2.53. The lowest BCUT2D eigenvalue weighted by molar-refractivity contribution is -0.145. The molecule has 2 N–H and O–H groups in total. The number of methoxy groups -OCH3 is 1. The molecule has 29 heavy (non-hydrogen) atoms. The average Bonchev–Trinajstić information content (AvgIpc) is 2.69. The molecule has 154 valence electrons. The molecular weight excluding hydrogens is 382 g/mol. The number of carbonyl (C=O) groups excluding carboxylic acids is 3. The number of rotatable bonds is 8. The van der Waals surface area contributed by atoms with E-state index in [0.29, 0.717) is 5.56 Å². The van der Waals surface area contributed by atoms with Gasteiger partial charge in [0, 0.05) is 19.8 Å². The number of carbonyl (C=O) groups is 3. The molecule has 0 aliphatic rings. The highest BCUT2D eigenvalue weighted by Crippen LogP contribution is 2.11. The SMILES string of the molecule is COC(=O)[C@@H](Cc1ccc(F)cc1)NC(=O)[C@H](Cc1ccccc1F)NC(C)=O. The predicted octanol–water partition coefficient (Wildman–Crippen LogP) is 1.91. The first-order valence-electron chi connectivity index (χ1n) is 8.93. The van der Waals surface area contributed by atoms with Crippen molar-refractivity contribution >= 4 is 17.8 Å². The fourth-order valence-corrected chi connectivity index (χ4v) is 2.80. The summed E-state index contributed by atoms with van der Waals surface area (Å²) < 4.78 is 31.8. The fourth-order valence-electron chi connectivity index (χ4n) is 2.80. The van der Waals surface area contributed by atoms with Crippen LogP contribution in [-0.2, 0) is 32.0 Å². The molecule has 0 aromatic heterocycles. The van der Waals surface area contributed by atoms with Crippen molar-refractivity contribution in [2.45, 2.75) is 31.8 Å². The molecule has 2 aromatic rings. The number of nitrogens with one attached hydrogen (secondary N) is 2. The smallest absolute Gasteiger partial charge is 0.328 e. The van der Waals surface area contributed by atoms with E-state index in [9.17, 15) is 23.2 Å². The monoisotopic (exact) mass is 404 g/mol. The van der Waals surface area contributed by atoms with Gasteiger partial charge in [-0.1, -0.05) is 30.3 Å². The molecule has 0 bridgehead atoms. The third-order valence-electron chi connectivity index (χ3n) is 4.23. The van der Waals surface area contributed by atoms with Gasteiger partial charge in [-0.15, -0.1) is 0 Å². The molecule has 8 heteroatoms. The first kappa shape index (κ1) is 22.0. The Morgan fingerprint density at radius 3 is 2.17 bits per heavy atom. The number of halogens is 2. The van der Waals surface area contributed by atoms with Crippen LogP contribution >= 0.6 is 0 Å². The van der Waals surface area contributed by atoms with E-state index in [-0.39, 0.29) is 18.4 Å². The summed E-state index contributed by atoms with van der Waals surface area (Å²) in [5.41, 5.74) is 0.849. The van der Waals surface area contributed by atoms with E-state index < -0.39 is 41.5 Å². The summed E-state index contributed by atoms with van der Waals surface area (Å²) in [4.78, 5) is 36.4. The van der Waals surface area contributed by atoms with Gasteiger partial charge in [-0.2, -0.15) is 0 Å². The molecular formula is C21H22F2N2O4. The van der Waals surface area contributed by atoms with E-state index in [1.807, 2.05) is 0 Å². The van der Waals surface area contributed by atoms with Crippen LogP contribution in [0.25, 0.3) is 0 Å². The van der Waals surface area contributed by atoms with Crippen LogP contribution in [0.1, 0.15) is 18.1 Å². The lowest BCUT2D eigenvalue weighted by Gasteiger charge is -2.22. The van der Waals surface area contributed by atoms with E-state index in [1.54, 1.807) is 6.07 Å². The Labute approximate surface area is 167 Å². The third-order valence-corrected chi connectivity index (χ3v) is 4.23. The van der Waals surface area contributed by atoms with Gasteiger partial charge in [-0.3, -0.25) is 9.59 Å².